The molecule has 0 fully saturated rings. The first kappa shape index (κ1) is 13.1. The summed E-state index contributed by atoms with van der Waals surface area (Å²) in [6.07, 6.45) is -3.17. The van der Waals surface area contributed by atoms with Crippen LogP contribution in [0.5, 0.6) is 0 Å². The SMILES string of the molecule is CC(C)CCn1ccc(C(O)C(F)(F)F)c1. The van der Waals surface area contributed by atoms with E-state index in [4.69, 9.17) is 5.11 Å². The van der Waals surface area contributed by atoms with Crippen molar-refractivity contribution in [1.82, 2.24) is 4.57 Å². The second kappa shape index (κ2) is 4.91. The van der Waals surface area contributed by atoms with Crippen LogP contribution in [-0.2, 0) is 6.54 Å². The zero-order valence-corrected chi connectivity index (χ0v) is 9.33. The lowest BCUT2D eigenvalue weighted by Crippen LogP contribution is -2.19. The summed E-state index contributed by atoms with van der Waals surface area (Å²) in [5.41, 5.74) is -0.101. The van der Waals surface area contributed by atoms with Crippen LogP contribution < -0.4 is 0 Å². The Balaban J connectivity index is 2.64. The van der Waals surface area contributed by atoms with Gasteiger partial charge in [-0.15, -0.1) is 0 Å². The molecule has 0 aliphatic carbocycles. The van der Waals surface area contributed by atoms with Gasteiger partial charge in [0.2, 0.25) is 0 Å². The lowest BCUT2D eigenvalue weighted by molar-refractivity contribution is -0.206. The van der Waals surface area contributed by atoms with Crippen molar-refractivity contribution in [3.05, 3.63) is 24.0 Å². The van der Waals surface area contributed by atoms with Gasteiger partial charge in [-0.1, -0.05) is 13.8 Å². The summed E-state index contributed by atoms with van der Waals surface area (Å²) in [6.45, 7) is 4.77. The fourth-order valence-electron chi connectivity index (χ4n) is 1.36. The van der Waals surface area contributed by atoms with Gasteiger partial charge < -0.3 is 9.67 Å². The Morgan fingerprint density at radius 3 is 2.50 bits per heavy atom. The first-order valence-electron chi connectivity index (χ1n) is 5.21. The molecule has 1 heterocycles. The van der Waals surface area contributed by atoms with Crippen molar-refractivity contribution in [3.8, 4) is 0 Å². The normalized spacial score (nSPS) is 14.4. The van der Waals surface area contributed by atoms with E-state index in [1.807, 2.05) is 0 Å². The van der Waals surface area contributed by atoms with E-state index in [0.717, 1.165) is 6.42 Å². The molecule has 0 amide bonds. The van der Waals surface area contributed by atoms with E-state index >= 15 is 0 Å². The largest absolute Gasteiger partial charge is 0.418 e. The molecule has 0 aromatic carbocycles. The molecule has 2 nitrogen and oxygen atoms in total. The lowest BCUT2D eigenvalue weighted by atomic mass is 10.1. The fourth-order valence-corrected chi connectivity index (χ4v) is 1.36. The number of hydrogen-bond acceptors (Lipinski definition) is 1. The molecule has 1 rings (SSSR count). The molecule has 0 bridgehead atoms. The van der Waals surface area contributed by atoms with Crippen molar-refractivity contribution in [2.75, 3.05) is 0 Å². The monoisotopic (exact) mass is 235 g/mol. The number of aryl methyl sites for hydroxylation is 1. The molecule has 0 saturated heterocycles. The van der Waals surface area contributed by atoms with Crippen LogP contribution in [0.2, 0.25) is 0 Å². The predicted molar refractivity (Wildman–Crippen MR) is 54.9 cm³/mol. The number of aromatic nitrogens is 1. The van der Waals surface area contributed by atoms with Gasteiger partial charge in [-0.2, -0.15) is 13.2 Å². The molecule has 0 aliphatic rings. The summed E-state index contributed by atoms with van der Waals surface area (Å²) in [7, 11) is 0. The Hall–Kier alpha value is -0.970. The average molecular weight is 235 g/mol. The van der Waals surface area contributed by atoms with E-state index < -0.39 is 12.3 Å². The van der Waals surface area contributed by atoms with Crippen molar-refractivity contribution >= 4 is 0 Å². The number of aliphatic hydroxyl groups excluding tert-OH is 1. The van der Waals surface area contributed by atoms with E-state index in [-0.39, 0.29) is 5.56 Å². The molecule has 0 saturated carbocycles. The van der Waals surface area contributed by atoms with Gasteiger partial charge >= 0.3 is 6.18 Å². The molecule has 0 spiro atoms. The van der Waals surface area contributed by atoms with Crippen molar-refractivity contribution in [2.24, 2.45) is 5.92 Å². The second-order valence-corrected chi connectivity index (χ2v) is 4.31. The van der Waals surface area contributed by atoms with Gasteiger partial charge in [0.05, 0.1) is 0 Å². The van der Waals surface area contributed by atoms with Crippen molar-refractivity contribution < 1.29 is 18.3 Å². The topological polar surface area (TPSA) is 25.2 Å². The highest BCUT2D eigenvalue weighted by atomic mass is 19.4. The zero-order chi connectivity index (χ0) is 12.3. The summed E-state index contributed by atoms with van der Waals surface area (Å²) in [5, 5.41) is 9.01. The lowest BCUT2D eigenvalue weighted by Gasteiger charge is -2.12. The molecular formula is C11H16F3NO. The molecule has 0 radical (unpaired) electrons. The Labute approximate surface area is 92.7 Å². The third-order valence-electron chi connectivity index (χ3n) is 2.36. The third-order valence-corrected chi connectivity index (χ3v) is 2.36. The highest BCUT2D eigenvalue weighted by Crippen LogP contribution is 2.32. The summed E-state index contributed by atoms with van der Waals surface area (Å²) in [5.74, 6) is 0.499. The Morgan fingerprint density at radius 1 is 1.38 bits per heavy atom. The smallest absolute Gasteiger partial charge is 0.379 e. The third kappa shape index (κ3) is 3.56. The highest BCUT2D eigenvalue weighted by molar-refractivity contribution is 5.15. The number of nitrogens with zero attached hydrogens (tertiary/aromatic N) is 1. The maximum absolute atomic E-state index is 12.2. The first-order chi connectivity index (χ1) is 7.30. The van der Waals surface area contributed by atoms with Crippen LogP contribution in [0.1, 0.15) is 31.9 Å². The highest BCUT2D eigenvalue weighted by Gasteiger charge is 2.39. The number of alkyl halides is 3. The van der Waals surface area contributed by atoms with Crippen LogP contribution in [0.4, 0.5) is 13.2 Å². The Morgan fingerprint density at radius 2 is 2.00 bits per heavy atom. The van der Waals surface area contributed by atoms with Crippen LogP contribution >= 0.6 is 0 Å². The maximum Gasteiger partial charge on any atom is 0.418 e. The summed E-state index contributed by atoms with van der Waals surface area (Å²) < 4.78 is 38.3. The predicted octanol–water partition coefficient (Wildman–Crippen LogP) is 3.13. The van der Waals surface area contributed by atoms with Gasteiger partial charge in [-0.05, 0) is 18.4 Å². The minimum Gasteiger partial charge on any atom is -0.379 e. The van der Waals surface area contributed by atoms with E-state index in [0.29, 0.717) is 12.5 Å². The molecule has 92 valence electrons. The van der Waals surface area contributed by atoms with E-state index in [9.17, 15) is 13.2 Å². The quantitative estimate of drug-likeness (QED) is 0.852. The molecule has 16 heavy (non-hydrogen) atoms. The van der Waals surface area contributed by atoms with Gasteiger partial charge in [-0.3, -0.25) is 0 Å². The van der Waals surface area contributed by atoms with Crippen LogP contribution in [0, 0.1) is 5.92 Å². The van der Waals surface area contributed by atoms with Crippen molar-refractivity contribution in [1.29, 1.82) is 0 Å². The minimum atomic E-state index is -4.59. The van der Waals surface area contributed by atoms with E-state index in [1.54, 1.807) is 10.8 Å². The van der Waals surface area contributed by atoms with E-state index in [2.05, 4.69) is 13.8 Å². The standard InChI is InChI=1S/C11H16F3NO/c1-8(2)3-5-15-6-4-9(7-15)10(16)11(12,13)14/h4,6-8,10,16H,3,5H2,1-2H3. The second-order valence-electron chi connectivity index (χ2n) is 4.31. The summed E-state index contributed by atoms with van der Waals surface area (Å²) >= 11 is 0. The van der Waals surface area contributed by atoms with Gasteiger partial charge in [0.25, 0.3) is 0 Å². The van der Waals surface area contributed by atoms with Crippen LogP contribution in [0.15, 0.2) is 18.5 Å². The molecular weight excluding hydrogens is 219 g/mol. The van der Waals surface area contributed by atoms with Crippen LogP contribution in [0.3, 0.4) is 0 Å². The minimum absolute atomic E-state index is 0.101. The maximum atomic E-state index is 12.2. The van der Waals surface area contributed by atoms with Gasteiger partial charge in [0.1, 0.15) is 0 Å². The number of halogens is 3. The Bertz CT molecular complexity index is 330. The van der Waals surface area contributed by atoms with Gasteiger partial charge in [0.15, 0.2) is 6.10 Å². The summed E-state index contributed by atoms with van der Waals surface area (Å²) in [6, 6.07) is 1.30. The van der Waals surface area contributed by atoms with Gasteiger partial charge in [0, 0.05) is 24.5 Å². The zero-order valence-electron chi connectivity index (χ0n) is 9.33. The first-order valence-corrected chi connectivity index (χ1v) is 5.21. The molecule has 1 aromatic heterocycles. The Kier molecular flexibility index (Phi) is 4.02. The molecule has 1 unspecified atom stereocenters. The molecule has 0 aliphatic heterocycles. The molecule has 5 heteroatoms. The number of aliphatic hydroxyl groups is 1. The van der Waals surface area contributed by atoms with Crippen LogP contribution in [-0.4, -0.2) is 15.8 Å². The van der Waals surface area contributed by atoms with Gasteiger partial charge in [-0.25, -0.2) is 0 Å². The molecule has 1 aromatic rings. The fraction of sp³-hybridized carbons (Fsp3) is 0.636. The van der Waals surface area contributed by atoms with Crippen LogP contribution in [0.25, 0.3) is 0 Å². The van der Waals surface area contributed by atoms with E-state index in [1.165, 1.54) is 12.3 Å². The molecule has 1 atom stereocenters. The molecule has 1 N–H and O–H groups in total. The summed E-state index contributed by atoms with van der Waals surface area (Å²) in [4.78, 5) is 0. The number of rotatable bonds is 4. The average Bonchev–Trinajstić information content (AvgIpc) is 2.60. The van der Waals surface area contributed by atoms with Crippen molar-refractivity contribution in [3.63, 3.8) is 0 Å². The number of hydrogen-bond donors (Lipinski definition) is 1. The van der Waals surface area contributed by atoms with Crippen molar-refractivity contribution in [2.45, 2.75) is 39.1 Å².